The molecule has 3 aliphatic rings. The predicted molar refractivity (Wildman–Crippen MR) is 233 cm³/mol. The summed E-state index contributed by atoms with van der Waals surface area (Å²) in [6, 6.07) is 10.4. The number of rotatable bonds is 12. The SMILES string of the molecule is C=CCCC(C)(C)Cc1c(-c2cc(N3CCN4CCCC4C3)cnc2CC)n(CC)c2ccc(C(/C=C(\C)CC)=C/C)cc12.CC.CN1CCCCN1. The summed E-state index contributed by atoms with van der Waals surface area (Å²) in [6.45, 7) is 32.0. The number of allylic oxidation sites excluding steroid dienone is 5. The first-order chi connectivity index (χ1) is 25.6. The summed E-state index contributed by atoms with van der Waals surface area (Å²) >= 11 is 0. The molecule has 3 saturated heterocycles. The van der Waals surface area contributed by atoms with Gasteiger partial charge in [-0.15, -0.1) is 6.58 Å². The number of hydrogen-bond acceptors (Lipinski definition) is 5. The van der Waals surface area contributed by atoms with Crippen LogP contribution in [0.5, 0.6) is 0 Å². The van der Waals surface area contributed by atoms with Gasteiger partial charge >= 0.3 is 0 Å². The number of aryl methyl sites for hydroxylation is 2. The number of hydrogen-bond donors (Lipinski definition) is 1. The first-order valence-electron chi connectivity index (χ1n) is 21.2. The summed E-state index contributed by atoms with van der Waals surface area (Å²) in [6.07, 6.45) is 19.4. The van der Waals surface area contributed by atoms with Gasteiger partial charge in [0.05, 0.1) is 17.6 Å². The number of nitrogens with zero attached hydrogens (tertiary/aromatic N) is 5. The molecule has 0 spiro atoms. The second-order valence-electron chi connectivity index (χ2n) is 15.9. The van der Waals surface area contributed by atoms with Crippen molar-refractivity contribution >= 4 is 22.2 Å². The minimum Gasteiger partial charge on any atom is -0.367 e. The van der Waals surface area contributed by atoms with E-state index in [0.717, 1.165) is 64.8 Å². The number of aromatic nitrogens is 2. The maximum atomic E-state index is 5.17. The van der Waals surface area contributed by atoms with Gasteiger partial charge in [0.25, 0.3) is 0 Å². The zero-order valence-corrected chi connectivity index (χ0v) is 35.5. The van der Waals surface area contributed by atoms with E-state index in [1.165, 1.54) is 94.6 Å². The van der Waals surface area contributed by atoms with E-state index in [2.05, 4.69) is 136 Å². The van der Waals surface area contributed by atoms with Crippen LogP contribution < -0.4 is 10.3 Å². The van der Waals surface area contributed by atoms with Crippen LogP contribution in [0.1, 0.15) is 124 Å². The maximum absolute atomic E-state index is 5.17. The van der Waals surface area contributed by atoms with E-state index in [1.54, 1.807) is 0 Å². The molecule has 1 unspecified atom stereocenters. The highest BCUT2D eigenvalue weighted by molar-refractivity contribution is 5.95. The molecule has 6 nitrogen and oxygen atoms in total. The molecule has 1 aromatic carbocycles. The second-order valence-corrected chi connectivity index (χ2v) is 15.9. The van der Waals surface area contributed by atoms with Crippen molar-refractivity contribution in [1.29, 1.82) is 0 Å². The summed E-state index contributed by atoms with van der Waals surface area (Å²) in [7, 11) is 2.08. The molecule has 0 amide bonds. The van der Waals surface area contributed by atoms with Gasteiger partial charge in [0.15, 0.2) is 0 Å². The topological polar surface area (TPSA) is 39.6 Å². The highest BCUT2D eigenvalue weighted by atomic mass is 15.5. The molecule has 292 valence electrons. The van der Waals surface area contributed by atoms with Crippen molar-refractivity contribution in [3.63, 3.8) is 0 Å². The average molecular weight is 723 g/mol. The molecule has 0 saturated carbocycles. The fraction of sp³-hybridized carbons (Fsp3) is 0.596. The van der Waals surface area contributed by atoms with Crippen molar-refractivity contribution in [3.05, 3.63) is 77.7 Å². The lowest BCUT2D eigenvalue weighted by atomic mass is 9.80. The van der Waals surface area contributed by atoms with E-state index in [9.17, 15) is 0 Å². The number of fused-ring (bicyclic) bond motifs is 2. The minimum absolute atomic E-state index is 0.143. The Hall–Kier alpha value is -3.19. The molecule has 5 heterocycles. The Morgan fingerprint density at radius 2 is 1.83 bits per heavy atom. The van der Waals surface area contributed by atoms with Crippen LogP contribution in [-0.2, 0) is 19.4 Å². The molecule has 0 bridgehead atoms. The monoisotopic (exact) mass is 723 g/mol. The Morgan fingerprint density at radius 3 is 2.45 bits per heavy atom. The summed E-state index contributed by atoms with van der Waals surface area (Å²) in [5.74, 6) is 0. The summed E-state index contributed by atoms with van der Waals surface area (Å²) in [5.41, 5.74) is 15.4. The Labute approximate surface area is 324 Å². The molecule has 6 rings (SSSR count). The number of pyridine rings is 1. The third-order valence-corrected chi connectivity index (χ3v) is 11.6. The van der Waals surface area contributed by atoms with Gasteiger partial charge in [-0.1, -0.05) is 71.4 Å². The molecule has 3 aromatic rings. The molecule has 53 heavy (non-hydrogen) atoms. The van der Waals surface area contributed by atoms with Gasteiger partial charge in [0.1, 0.15) is 0 Å². The van der Waals surface area contributed by atoms with E-state index in [1.807, 2.05) is 13.8 Å². The van der Waals surface area contributed by atoms with Gasteiger partial charge in [0, 0.05) is 74.5 Å². The van der Waals surface area contributed by atoms with Crippen molar-refractivity contribution in [1.82, 2.24) is 24.9 Å². The molecule has 2 aromatic heterocycles. The minimum atomic E-state index is 0.143. The fourth-order valence-electron chi connectivity index (χ4n) is 8.37. The van der Waals surface area contributed by atoms with Crippen molar-refractivity contribution in [2.45, 2.75) is 133 Å². The Morgan fingerprint density at radius 1 is 1.04 bits per heavy atom. The summed E-state index contributed by atoms with van der Waals surface area (Å²) < 4.78 is 2.58. The fourth-order valence-corrected chi connectivity index (χ4v) is 8.37. The van der Waals surface area contributed by atoms with Gasteiger partial charge in [-0.25, -0.2) is 5.01 Å². The van der Waals surface area contributed by atoms with E-state index in [4.69, 9.17) is 4.98 Å². The first-order valence-corrected chi connectivity index (χ1v) is 21.2. The number of piperazine rings is 1. The largest absolute Gasteiger partial charge is 0.367 e. The second kappa shape index (κ2) is 20.5. The van der Waals surface area contributed by atoms with E-state index in [-0.39, 0.29) is 5.41 Å². The van der Waals surface area contributed by atoms with Crippen LogP contribution in [0.4, 0.5) is 5.69 Å². The third-order valence-electron chi connectivity index (χ3n) is 11.6. The average Bonchev–Trinajstić information content (AvgIpc) is 3.78. The predicted octanol–water partition coefficient (Wildman–Crippen LogP) is 11.1. The lowest BCUT2D eigenvalue weighted by molar-refractivity contribution is 0.194. The number of anilines is 1. The summed E-state index contributed by atoms with van der Waals surface area (Å²) in [5, 5.41) is 3.53. The molecule has 3 fully saturated rings. The van der Waals surface area contributed by atoms with E-state index >= 15 is 0 Å². The van der Waals surface area contributed by atoms with Gasteiger partial charge in [-0.2, -0.15) is 0 Å². The van der Waals surface area contributed by atoms with Crippen molar-refractivity contribution < 1.29 is 0 Å². The van der Waals surface area contributed by atoms with Crippen LogP contribution in [-0.4, -0.2) is 71.8 Å². The summed E-state index contributed by atoms with van der Waals surface area (Å²) in [4.78, 5) is 10.5. The quantitative estimate of drug-likeness (QED) is 0.149. The molecule has 0 aliphatic carbocycles. The molecule has 0 radical (unpaired) electrons. The Balaban J connectivity index is 0.000000617. The van der Waals surface area contributed by atoms with Crippen LogP contribution >= 0.6 is 0 Å². The lowest BCUT2D eigenvalue weighted by Crippen LogP contribution is -2.50. The third kappa shape index (κ3) is 10.7. The van der Waals surface area contributed by atoms with Crippen molar-refractivity contribution in [2.24, 2.45) is 5.41 Å². The van der Waals surface area contributed by atoms with Crippen molar-refractivity contribution in [2.75, 3.05) is 51.2 Å². The molecule has 1 N–H and O–H groups in total. The number of hydrazine groups is 1. The Bertz CT molecular complexity index is 1670. The molecule has 3 aliphatic heterocycles. The van der Waals surface area contributed by atoms with Gasteiger partial charge in [-0.3, -0.25) is 15.3 Å². The molecule has 1 atom stereocenters. The Kier molecular flexibility index (Phi) is 16.4. The van der Waals surface area contributed by atoms with Crippen LogP contribution in [0, 0.1) is 5.41 Å². The highest BCUT2D eigenvalue weighted by Crippen LogP contribution is 2.42. The zero-order valence-electron chi connectivity index (χ0n) is 35.5. The maximum Gasteiger partial charge on any atom is 0.0560 e. The lowest BCUT2D eigenvalue weighted by Gasteiger charge is -2.39. The zero-order chi connectivity index (χ0) is 38.5. The normalized spacial score (nSPS) is 18.7. The van der Waals surface area contributed by atoms with Gasteiger partial charge < -0.3 is 9.47 Å². The number of nitrogens with one attached hydrogen (secondary N) is 1. The van der Waals surface area contributed by atoms with Crippen LogP contribution in [0.3, 0.4) is 0 Å². The molecular formula is C47H74N6. The van der Waals surface area contributed by atoms with Crippen LogP contribution in [0.25, 0.3) is 27.7 Å². The standard InChI is InChI=1S/C40H56N4.C5H12N2.C2H6/c1-9-14-19-40(7,8)26-36-34-24-31(30(11-3)23-29(6)10-2)17-18-38(34)44(13-5)39(36)35-25-33(27-41-37(35)12-4)43-22-21-42-20-15-16-32(42)28-43;1-7-5-3-2-4-6-7;1-2/h9,11,17-18,23-25,27,32H,1,10,12-16,19-22,26,28H2,2-8H3;6H,2-5H2,1H3;1-2H3/b29-23+,30-11+;;. The molecule has 6 heteroatoms. The van der Waals surface area contributed by atoms with Gasteiger partial charge in [0.2, 0.25) is 0 Å². The van der Waals surface area contributed by atoms with E-state index < -0.39 is 0 Å². The number of benzene rings is 1. The highest BCUT2D eigenvalue weighted by Gasteiger charge is 2.32. The van der Waals surface area contributed by atoms with Crippen molar-refractivity contribution in [3.8, 4) is 11.3 Å². The first kappa shape index (κ1) is 42.6. The van der Waals surface area contributed by atoms with Crippen LogP contribution in [0.2, 0.25) is 0 Å². The van der Waals surface area contributed by atoms with Crippen LogP contribution in [0.15, 0.2) is 60.8 Å². The van der Waals surface area contributed by atoms with Gasteiger partial charge in [-0.05, 0) is 125 Å². The van der Waals surface area contributed by atoms with E-state index in [0.29, 0.717) is 6.04 Å². The smallest absolute Gasteiger partial charge is 0.0560 e. The molecular weight excluding hydrogens is 649 g/mol.